The van der Waals surface area contributed by atoms with Crippen LogP contribution in [0.4, 0.5) is 20.2 Å². The van der Waals surface area contributed by atoms with Crippen LogP contribution in [0, 0.1) is 11.6 Å². The lowest BCUT2D eigenvalue weighted by Crippen LogP contribution is -2.29. The first kappa shape index (κ1) is 22.5. The molecule has 164 valence electrons. The molecule has 1 fully saturated rings. The molecule has 0 radical (unpaired) electrons. The summed E-state index contributed by atoms with van der Waals surface area (Å²) in [7, 11) is -2.00. The molecule has 5 nitrogen and oxygen atoms in total. The van der Waals surface area contributed by atoms with E-state index in [9.17, 15) is 17.2 Å². The van der Waals surface area contributed by atoms with E-state index in [2.05, 4.69) is 16.8 Å². The van der Waals surface area contributed by atoms with Crippen molar-refractivity contribution in [1.29, 1.82) is 0 Å². The summed E-state index contributed by atoms with van der Waals surface area (Å²) in [5.74, 6) is -1.83. The van der Waals surface area contributed by atoms with Crippen LogP contribution in [0.5, 0.6) is 0 Å². The van der Waals surface area contributed by atoms with Gasteiger partial charge in [-0.3, -0.25) is 0 Å². The monoisotopic (exact) mass is 437 g/mol. The molecule has 1 aliphatic heterocycles. The molecule has 0 atom stereocenters. The summed E-state index contributed by atoms with van der Waals surface area (Å²) < 4.78 is 54.0. The van der Waals surface area contributed by atoms with Gasteiger partial charge in [0.25, 0.3) is 0 Å². The molecule has 1 aliphatic rings. The second-order valence-electron chi connectivity index (χ2n) is 7.58. The van der Waals surface area contributed by atoms with Crippen LogP contribution in [0.3, 0.4) is 0 Å². The normalized spacial score (nSPS) is 15.8. The molecule has 0 unspecified atom stereocenters. The van der Waals surface area contributed by atoms with Gasteiger partial charge in [0, 0.05) is 44.5 Å². The van der Waals surface area contributed by atoms with E-state index in [0.717, 1.165) is 50.4 Å². The van der Waals surface area contributed by atoms with Gasteiger partial charge in [-0.2, -0.15) is 0 Å². The molecule has 0 spiro atoms. The van der Waals surface area contributed by atoms with Crippen LogP contribution in [0.25, 0.3) is 0 Å². The number of likely N-dealkylation sites (N-methyl/N-ethyl adjacent to an activating group) is 1. The Kier molecular flexibility index (Phi) is 6.98. The average Bonchev–Trinajstić information content (AvgIpc) is 2.92. The van der Waals surface area contributed by atoms with Crippen molar-refractivity contribution in [2.75, 3.05) is 56.1 Å². The second-order valence-corrected chi connectivity index (χ2v) is 9.49. The number of anilines is 2. The van der Waals surface area contributed by atoms with Crippen molar-refractivity contribution < 1.29 is 17.2 Å². The van der Waals surface area contributed by atoms with E-state index in [1.165, 1.54) is 0 Å². The van der Waals surface area contributed by atoms with Crippen molar-refractivity contribution >= 4 is 21.2 Å². The van der Waals surface area contributed by atoms with Gasteiger partial charge >= 0.3 is 0 Å². The first-order valence-electron chi connectivity index (χ1n) is 10.3. The highest BCUT2D eigenvalue weighted by molar-refractivity contribution is 7.91. The van der Waals surface area contributed by atoms with Crippen molar-refractivity contribution in [3.8, 4) is 0 Å². The van der Waals surface area contributed by atoms with Crippen LogP contribution in [-0.2, 0) is 9.84 Å². The Balaban J connectivity index is 2.09. The molecule has 0 saturated carbocycles. The number of sulfone groups is 1. The van der Waals surface area contributed by atoms with Crippen molar-refractivity contribution in [3.05, 3.63) is 48.0 Å². The number of halogens is 2. The topological polar surface area (TPSA) is 43.9 Å². The lowest BCUT2D eigenvalue weighted by atomic mass is 10.2. The Morgan fingerprint density at radius 1 is 0.933 bits per heavy atom. The van der Waals surface area contributed by atoms with Gasteiger partial charge < -0.3 is 14.7 Å². The molecule has 0 bridgehead atoms. The Morgan fingerprint density at radius 2 is 1.60 bits per heavy atom. The summed E-state index contributed by atoms with van der Waals surface area (Å²) in [6.45, 7) is 8.84. The smallest absolute Gasteiger partial charge is 0.208 e. The number of nitrogens with zero attached hydrogens (tertiary/aromatic N) is 3. The Hall–Kier alpha value is -2.19. The summed E-state index contributed by atoms with van der Waals surface area (Å²) in [6, 6.07) is 7.65. The third-order valence-electron chi connectivity index (χ3n) is 5.57. The van der Waals surface area contributed by atoms with Crippen LogP contribution >= 0.6 is 0 Å². The molecule has 3 rings (SSSR count). The van der Waals surface area contributed by atoms with Gasteiger partial charge in [-0.15, -0.1) is 0 Å². The van der Waals surface area contributed by atoms with Crippen molar-refractivity contribution in [2.45, 2.75) is 30.1 Å². The first-order chi connectivity index (χ1) is 14.3. The standard InChI is InChI=1S/C22H29F2N3O2S/c1-4-26(5-2)21-16-19(27-10-6-9-25(3)11-12-27)7-8-22(21)30(28,29)20-14-17(23)13-18(24)15-20/h7-8,13-16H,4-6,9-12H2,1-3H3. The zero-order chi connectivity index (χ0) is 21.9. The van der Waals surface area contributed by atoms with E-state index < -0.39 is 21.5 Å². The summed E-state index contributed by atoms with van der Waals surface area (Å²) in [6.07, 6.45) is 1.03. The molecular formula is C22H29F2N3O2S. The van der Waals surface area contributed by atoms with Crippen molar-refractivity contribution in [3.63, 3.8) is 0 Å². The van der Waals surface area contributed by atoms with Crippen molar-refractivity contribution in [2.24, 2.45) is 0 Å². The largest absolute Gasteiger partial charge is 0.371 e. The maximum atomic E-state index is 13.7. The van der Waals surface area contributed by atoms with Crippen LogP contribution in [0.1, 0.15) is 20.3 Å². The minimum atomic E-state index is -4.09. The van der Waals surface area contributed by atoms with Gasteiger partial charge in [0.05, 0.1) is 15.5 Å². The summed E-state index contributed by atoms with van der Waals surface area (Å²) >= 11 is 0. The summed E-state index contributed by atoms with van der Waals surface area (Å²) in [5.41, 5.74) is 1.51. The van der Waals surface area contributed by atoms with Crippen LogP contribution < -0.4 is 9.80 Å². The minimum absolute atomic E-state index is 0.0619. The summed E-state index contributed by atoms with van der Waals surface area (Å²) in [4.78, 5) is 6.18. The molecule has 8 heteroatoms. The molecule has 0 aliphatic carbocycles. The Morgan fingerprint density at radius 3 is 2.23 bits per heavy atom. The second kappa shape index (κ2) is 9.31. The van der Waals surface area contributed by atoms with Gasteiger partial charge in [-0.25, -0.2) is 17.2 Å². The number of benzene rings is 2. The van der Waals surface area contributed by atoms with E-state index in [1.807, 2.05) is 24.8 Å². The quantitative estimate of drug-likeness (QED) is 0.688. The molecule has 30 heavy (non-hydrogen) atoms. The lowest BCUT2D eigenvalue weighted by molar-refractivity contribution is 0.360. The van der Waals surface area contributed by atoms with Crippen molar-refractivity contribution in [1.82, 2.24) is 4.90 Å². The van der Waals surface area contributed by atoms with Crippen LogP contribution in [-0.4, -0.2) is 59.6 Å². The molecule has 1 heterocycles. The first-order valence-corrected chi connectivity index (χ1v) is 11.8. The molecule has 0 amide bonds. The van der Waals surface area contributed by atoms with Gasteiger partial charge in [0.15, 0.2) is 0 Å². The fraction of sp³-hybridized carbons (Fsp3) is 0.455. The van der Waals surface area contributed by atoms with Gasteiger partial charge in [0.2, 0.25) is 9.84 Å². The van der Waals surface area contributed by atoms with E-state index in [0.29, 0.717) is 24.8 Å². The molecule has 0 N–H and O–H groups in total. The van der Waals surface area contributed by atoms with Gasteiger partial charge in [-0.05, 0) is 64.2 Å². The third kappa shape index (κ3) is 4.75. The molecule has 0 aromatic heterocycles. The van der Waals surface area contributed by atoms with Crippen LogP contribution in [0.15, 0.2) is 46.2 Å². The average molecular weight is 438 g/mol. The zero-order valence-electron chi connectivity index (χ0n) is 17.7. The maximum absolute atomic E-state index is 13.7. The maximum Gasteiger partial charge on any atom is 0.208 e. The number of hydrogen-bond acceptors (Lipinski definition) is 5. The highest BCUT2D eigenvalue weighted by Gasteiger charge is 2.26. The fourth-order valence-electron chi connectivity index (χ4n) is 3.86. The number of hydrogen-bond donors (Lipinski definition) is 0. The SMILES string of the molecule is CCN(CC)c1cc(N2CCCN(C)CC2)ccc1S(=O)(=O)c1cc(F)cc(F)c1. The number of rotatable bonds is 6. The molecule has 2 aromatic carbocycles. The Bertz CT molecular complexity index is 974. The van der Waals surface area contributed by atoms with E-state index in [1.54, 1.807) is 12.1 Å². The minimum Gasteiger partial charge on any atom is -0.371 e. The zero-order valence-corrected chi connectivity index (χ0v) is 18.6. The van der Waals surface area contributed by atoms with E-state index in [4.69, 9.17) is 0 Å². The lowest BCUT2D eigenvalue weighted by Gasteiger charge is -2.28. The van der Waals surface area contributed by atoms with Gasteiger partial charge in [-0.1, -0.05) is 0 Å². The van der Waals surface area contributed by atoms with Crippen LogP contribution in [0.2, 0.25) is 0 Å². The molecule has 1 saturated heterocycles. The van der Waals surface area contributed by atoms with E-state index in [-0.39, 0.29) is 9.79 Å². The molecule has 2 aromatic rings. The van der Waals surface area contributed by atoms with E-state index >= 15 is 0 Å². The summed E-state index contributed by atoms with van der Waals surface area (Å²) in [5, 5.41) is 0. The predicted octanol–water partition coefficient (Wildman–Crippen LogP) is 3.79. The molecular weight excluding hydrogens is 408 g/mol. The Labute approximate surface area is 177 Å². The third-order valence-corrected chi connectivity index (χ3v) is 7.35. The highest BCUT2D eigenvalue weighted by Crippen LogP contribution is 2.34. The van der Waals surface area contributed by atoms with Gasteiger partial charge in [0.1, 0.15) is 11.6 Å². The fourth-order valence-corrected chi connectivity index (χ4v) is 5.36. The highest BCUT2D eigenvalue weighted by atomic mass is 32.2. The predicted molar refractivity (Wildman–Crippen MR) is 116 cm³/mol.